The molecule has 1 saturated heterocycles. The standard InChI is InChI=1S/C18H28N2/c1-2-8-17(9-3-1)10-4-7-14-20-15-13-19-18(16-20)11-5-6-12-18/h1-3,8-9,19H,4-7,10-16H2. The largest absolute Gasteiger partial charge is 0.309 e. The van der Waals surface area contributed by atoms with Crippen molar-refractivity contribution >= 4 is 0 Å². The van der Waals surface area contributed by atoms with Gasteiger partial charge in [0, 0.05) is 25.2 Å². The Morgan fingerprint density at radius 2 is 1.85 bits per heavy atom. The number of piperazine rings is 1. The molecule has 0 amide bonds. The molecular weight excluding hydrogens is 244 g/mol. The zero-order valence-electron chi connectivity index (χ0n) is 12.6. The van der Waals surface area contributed by atoms with Crippen molar-refractivity contribution < 1.29 is 0 Å². The average molecular weight is 272 g/mol. The molecule has 1 N–H and O–H groups in total. The van der Waals surface area contributed by atoms with Crippen LogP contribution in [0.3, 0.4) is 0 Å². The Morgan fingerprint density at radius 3 is 2.65 bits per heavy atom. The Labute approximate surface area is 123 Å². The molecule has 110 valence electrons. The molecule has 0 unspecified atom stereocenters. The van der Waals surface area contributed by atoms with Crippen LogP contribution >= 0.6 is 0 Å². The lowest BCUT2D eigenvalue weighted by Gasteiger charge is -2.41. The van der Waals surface area contributed by atoms with Gasteiger partial charge in [-0.25, -0.2) is 0 Å². The summed E-state index contributed by atoms with van der Waals surface area (Å²) in [5.41, 5.74) is 1.97. The third-order valence-corrected chi connectivity index (χ3v) is 5.05. The van der Waals surface area contributed by atoms with E-state index in [1.807, 2.05) is 0 Å². The van der Waals surface area contributed by atoms with Crippen LogP contribution < -0.4 is 5.32 Å². The first kappa shape index (κ1) is 14.1. The van der Waals surface area contributed by atoms with Gasteiger partial charge in [-0.15, -0.1) is 0 Å². The maximum absolute atomic E-state index is 3.80. The highest BCUT2D eigenvalue weighted by Crippen LogP contribution is 2.31. The van der Waals surface area contributed by atoms with E-state index in [4.69, 9.17) is 0 Å². The van der Waals surface area contributed by atoms with Gasteiger partial charge >= 0.3 is 0 Å². The first-order chi connectivity index (χ1) is 9.86. The SMILES string of the molecule is c1ccc(CCCCN2CCNC3(CCCC3)C2)cc1. The lowest BCUT2D eigenvalue weighted by Crippen LogP contribution is -2.59. The van der Waals surface area contributed by atoms with Crippen LogP contribution in [-0.2, 0) is 6.42 Å². The van der Waals surface area contributed by atoms with Crippen molar-refractivity contribution in [3.63, 3.8) is 0 Å². The minimum absolute atomic E-state index is 0.484. The van der Waals surface area contributed by atoms with Crippen molar-refractivity contribution in [2.45, 2.75) is 50.5 Å². The highest BCUT2D eigenvalue weighted by atomic mass is 15.2. The van der Waals surface area contributed by atoms with Crippen LogP contribution in [0.15, 0.2) is 30.3 Å². The highest BCUT2D eigenvalue weighted by Gasteiger charge is 2.37. The maximum atomic E-state index is 3.80. The summed E-state index contributed by atoms with van der Waals surface area (Å²) in [5, 5.41) is 3.80. The fourth-order valence-corrected chi connectivity index (χ4v) is 3.93. The zero-order valence-corrected chi connectivity index (χ0v) is 12.6. The van der Waals surface area contributed by atoms with Gasteiger partial charge in [0.15, 0.2) is 0 Å². The molecule has 3 rings (SSSR count). The number of nitrogens with one attached hydrogen (secondary N) is 1. The molecule has 1 aliphatic carbocycles. The van der Waals surface area contributed by atoms with Gasteiger partial charge in [0.2, 0.25) is 0 Å². The number of unbranched alkanes of at least 4 members (excludes halogenated alkanes) is 1. The van der Waals surface area contributed by atoms with E-state index in [9.17, 15) is 0 Å². The first-order valence-electron chi connectivity index (χ1n) is 8.38. The normalized spacial score (nSPS) is 22.4. The minimum Gasteiger partial charge on any atom is -0.309 e. The molecule has 1 aromatic carbocycles. The summed E-state index contributed by atoms with van der Waals surface area (Å²) in [4.78, 5) is 2.70. The first-order valence-corrected chi connectivity index (χ1v) is 8.38. The van der Waals surface area contributed by atoms with Crippen molar-refractivity contribution in [1.82, 2.24) is 10.2 Å². The van der Waals surface area contributed by atoms with Gasteiger partial charge in [0.05, 0.1) is 0 Å². The van der Waals surface area contributed by atoms with Crippen LogP contribution in [0.25, 0.3) is 0 Å². The van der Waals surface area contributed by atoms with Crippen molar-refractivity contribution in [3.8, 4) is 0 Å². The maximum Gasteiger partial charge on any atom is 0.0309 e. The third kappa shape index (κ3) is 3.62. The summed E-state index contributed by atoms with van der Waals surface area (Å²) in [6.07, 6.45) is 9.54. The van der Waals surface area contributed by atoms with Crippen molar-refractivity contribution in [2.75, 3.05) is 26.2 Å². The minimum atomic E-state index is 0.484. The van der Waals surface area contributed by atoms with E-state index >= 15 is 0 Å². The Bertz CT molecular complexity index is 395. The predicted molar refractivity (Wildman–Crippen MR) is 85.0 cm³/mol. The lowest BCUT2D eigenvalue weighted by atomic mass is 9.94. The fourth-order valence-electron chi connectivity index (χ4n) is 3.93. The average Bonchev–Trinajstić information content (AvgIpc) is 2.93. The molecule has 2 nitrogen and oxygen atoms in total. The summed E-state index contributed by atoms with van der Waals surface area (Å²) >= 11 is 0. The molecule has 2 aliphatic rings. The molecule has 1 saturated carbocycles. The van der Waals surface area contributed by atoms with Crippen molar-refractivity contribution in [3.05, 3.63) is 35.9 Å². The van der Waals surface area contributed by atoms with Gasteiger partial charge in [-0.3, -0.25) is 0 Å². The summed E-state index contributed by atoms with van der Waals surface area (Å²) < 4.78 is 0. The van der Waals surface area contributed by atoms with Crippen LogP contribution in [0.4, 0.5) is 0 Å². The highest BCUT2D eigenvalue weighted by molar-refractivity contribution is 5.14. The number of aryl methyl sites for hydroxylation is 1. The number of rotatable bonds is 5. The quantitative estimate of drug-likeness (QED) is 0.828. The summed E-state index contributed by atoms with van der Waals surface area (Å²) in [6.45, 7) is 5.01. The molecule has 0 radical (unpaired) electrons. The second-order valence-corrected chi connectivity index (χ2v) is 6.63. The lowest BCUT2D eigenvalue weighted by molar-refractivity contribution is 0.133. The van der Waals surface area contributed by atoms with Gasteiger partial charge in [-0.05, 0) is 44.2 Å². The molecule has 2 fully saturated rings. The molecule has 1 aromatic rings. The van der Waals surface area contributed by atoms with Crippen LogP contribution in [0, 0.1) is 0 Å². The zero-order chi connectivity index (χ0) is 13.7. The molecule has 1 heterocycles. The number of hydrogen-bond donors (Lipinski definition) is 1. The Morgan fingerprint density at radius 1 is 1.05 bits per heavy atom. The van der Waals surface area contributed by atoms with Gasteiger partial charge in [0.25, 0.3) is 0 Å². The molecule has 0 bridgehead atoms. The third-order valence-electron chi connectivity index (χ3n) is 5.05. The van der Waals surface area contributed by atoms with Crippen molar-refractivity contribution in [2.24, 2.45) is 0 Å². The van der Waals surface area contributed by atoms with Crippen LogP contribution in [-0.4, -0.2) is 36.6 Å². The smallest absolute Gasteiger partial charge is 0.0309 e. The Hall–Kier alpha value is -0.860. The molecule has 2 heteroatoms. The van der Waals surface area contributed by atoms with E-state index in [-0.39, 0.29) is 0 Å². The summed E-state index contributed by atoms with van der Waals surface area (Å²) in [6, 6.07) is 10.9. The van der Waals surface area contributed by atoms with Crippen LogP contribution in [0.1, 0.15) is 44.1 Å². The predicted octanol–water partition coefficient (Wildman–Crippen LogP) is 3.23. The molecule has 0 aromatic heterocycles. The van der Waals surface area contributed by atoms with E-state index in [2.05, 4.69) is 40.5 Å². The van der Waals surface area contributed by atoms with Gasteiger partial charge in [-0.2, -0.15) is 0 Å². The Balaban J connectivity index is 1.38. The summed E-state index contributed by atoms with van der Waals surface area (Å²) in [7, 11) is 0. The van der Waals surface area contributed by atoms with E-state index < -0.39 is 0 Å². The number of benzene rings is 1. The van der Waals surface area contributed by atoms with Crippen LogP contribution in [0.2, 0.25) is 0 Å². The number of nitrogens with zero attached hydrogens (tertiary/aromatic N) is 1. The van der Waals surface area contributed by atoms with Crippen LogP contribution in [0.5, 0.6) is 0 Å². The van der Waals surface area contributed by atoms with Gasteiger partial charge in [-0.1, -0.05) is 43.2 Å². The fraction of sp³-hybridized carbons (Fsp3) is 0.667. The van der Waals surface area contributed by atoms with E-state index in [1.165, 1.54) is 76.7 Å². The Kier molecular flexibility index (Phi) is 4.74. The topological polar surface area (TPSA) is 15.3 Å². The number of hydrogen-bond acceptors (Lipinski definition) is 2. The monoisotopic (exact) mass is 272 g/mol. The van der Waals surface area contributed by atoms with Crippen molar-refractivity contribution in [1.29, 1.82) is 0 Å². The molecule has 1 spiro atoms. The van der Waals surface area contributed by atoms with Gasteiger partial charge in [0.1, 0.15) is 0 Å². The molecule has 20 heavy (non-hydrogen) atoms. The van der Waals surface area contributed by atoms with E-state index in [0.717, 1.165) is 0 Å². The van der Waals surface area contributed by atoms with E-state index in [0.29, 0.717) is 5.54 Å². The molecular formula is C18H28N2. The molecule has 1 aliphatic heterocycles. The second-order valence-electron chi connectivity index (χ2n) is 6.63. The summed E-state index contributed by atoms with van der Waals surface area (Å²) in [5.74, 6) is 0. The second kappa shape index (κ2) is 6.73. The molecule has 0 atom stereocenters. The van der Waals surface area contributed by atoms with Gasteiger partial charge < -0.3 is 10.2 Å². The van der Waals surface area contributed by atoms with E-state index in [1.54, 1.807) is 0 Å².